The predicted molar refractivity (Wildman–Crippen MR) is 77.6 cm³/mol. The van der Waals surface area contributed by atoms with Gasteiger partial charge in [-0.2, -0.15) is 0 Å². The first-order valence-electron chi connectivity index (χ1n) is 7.63. The van der Waals surface area contributed by atoms with E-state index in [4.69, 9.17) is 9.47 Å². The minimum Gasteiger partial charge on any atom is -0.490 e. The molecule has 1 heterocycles. The van der Waals surface area contributed by atoms with E-state index in [1.54, 1.807) is 0 Å². The molecule has 3 heteroatoms. The molecule has 1 aliphatic carbocycles. The smallest absolute Gasteiger partial charge is 0.168 e. The molecule has 0 N–H and O–H groups in total. The average Bonchev–Trinajstić information content (AvgIpc) is 2.71. The highest BCUT2D eigenvalue weighted by Gasteiger charge is 2.35. The second-order valence-corrected chi connectivity index (χ2v) is 6.16. The van der Waals surface area contributed by atoms with Crippen LogP contribution in [0.5, 0.6) is 11.5 Å². The first-order valence-corrected chi connectivity index (χ1v) is 7.63. The Bertz CT molecular complexity index is 501. The van der Waals surface area contributed by atoms with Gasteiger partial charge in [0.1, 0.15) is 0 Å². The molecule has 0 bridgehead atoms. The molecule has 0 radical (unpaired) electrons. The number of rotatable bonds is 2. The third-order valence-corrected chi connectivity index (χ3v) is 4.51. The van der Waals surface area contributed by atoms with Crippen molar-refractivity contribution < 1.29 is 14.3 Å². The molecular formula is C17H22O3. The Hall–Kier alpha value is -1.51. The summed E-state index contributed by atoms with van der Waals surface area (Å²) in [6, 6.07) is 5.62. The molecule has 2 aliphatic rings. The molecule has 0 saturated heterocycles. The Morgan fingerprint density at radius 1 is 1.00 bits per heavy atom. The van der Waals surface area contributed by atoms with Gasteiger partial charge < -0.3 is 9.47 Å². The Kier molecular flexibility index (Phi) is 3.68. The summed E-state index contributed by atoms with van der Waals surface area (Å²) in [5.74, 6) is 1.73. The minimum atomic E-state index is -0.196. The van der Waals surface area contributed by atoms with Gasteiger partial charge in [0.2, 0.25) is 0 Å². The molecular weight excluding hydrogens is 252 g/mol. The van der Waals surface area contributed by atoms with Crippen molar-refractivity contribution in [1.29, 1.82) is 0 Å². The van der Waals surface area contributed by atoms with Crippen molar-refractivity contribution in [2.45, 2.75) is 45.4 Å². The molecule has 1 aromatic carbocycles. The molecule has 1 aromatic rings. The zero-order chi connectivity index (χ0) is 14.0. The molecule has 1 fully saturated rings. The van der Waals surface area contributed by atoms with Gasteiger partial charge in [-0.3, -0.25) is 4.79 Å². The second-order valence-electron chi connectivity index (χ2n) is 6.16. The summed E-state index contributed by atoms with van der Waals surface area (Å²) in [4.78, 5) is 12.8. The predicted octanol–water partition coefficient (Wildman–Crippen LogP) is 4.00. The summed E-state index contributed by atoms with van der Waals surface area (Å²) in [6.45, 7) is 3.44. The van der Waals surface area contributed by atoms with Gasteiger partial charge in [0.05, 0.1) is 13.2 Å². The van der Waals surface area contributed by atoms with Gasteiger partial charge in [0.15, 0.2) is 17.3 Å². The standard InChI is InChI=1S/C17H22O3/c1-17(8-3-2-4-9-17)16(18)13-6-7-14-15(12-13)20-11-5-10-19-14/h6-7,12H,2-5,8-11H2,1H3. The molecule has 108 valence electrons. The molecule has 20 heavy (non-hydrogen) atoms. The van der Waals surface area contributed by atoms with Gasteiger partial charge in [-0.1, -0.05) is 26.2 Å². The number of ketones is 1. The van der Waals surface area contributed by atoms with Gasteiger partial charge in [-0.15, -0.1) is 0 Å². The number of ether oxygens (including phenoxy) is 2. The third-order valence-electron chi connectivity index (χ3n) is 4.51. The number of Topliss-reactive ketones (excluding diaryl/α,β-unsaturated/α-hetero) is 1. The normalized spacial score (nSPS) is 21.1. The summed E-state index contributed by atoms with van der Waals surface area (Å²) in [5, 5.41) is 0. The second kappa shape index (κ2) is 5.47. The number of fused-ring (bicyclic) bond motifs is 1. The van der Waals surface area contributed by atoms with E-state index in [-0.39, 0.29) is 11.2 Å². The van der Waals surface area contributed by atoms with Crippen LogP contribution in [0.4, 0.5) is 0 Å². The fraction of sp³-hybridized carbons (Fsp3) is 0.588. The van der Waals surface area contributed by atoms with Crippen LogP contribution in [-0.4, -0.2) is 19.0 Å². The fourth-order valence-electron chi connectivity index (χ4n) is 3.21. The van der Waals surface area contributed by atoms with Crippen molar-refractivity contribution >= 4 is 5.78 Å². The SMILES string of the molecule is CC1(C(=O)c2ccc3c(c2)OCCCO3)CCCCC1. The zero-order valence-corrected chi connectivity index (χ0v) is 12.1. The van der Waals surface area contributed by atoms with E-state index in [0.717, 1.165) is 43.4 Å². The van der Waals surface area contributed by atoms with Crippen LogP contribution in [0.3, 0.4) is 0 Å². The van der Waals surface area contributed by atoms with Gasteiger partial charge in [-0.05, 0) is 31.0 Å². The number of hydrogen-bond donors (Lipinski definition) is 0. The summed E-state index contributed by atoms with van der Waals surface area (Å²) < 4.78 is 11.3. The lowest BCUT2D eigenvalue weighted by atomic mass is 9.71. The van der Waals surface area contributed by atoms with Crippen molar-refractivity contribution in [1.82, 2.24) is 0 Å². The largest absolute Gasteiger partial charge is 0.490 e. The molecule has 0 atom stereocenters. The first kappa shape index (κ1) is 13.5. The van der Waals surface area contributed by atoms with E-state index in [1.807, 2.05) is 18.2 Å². The topological polar surface area (TPSA) is 35.5 Å². The number of hydrogen-bond acceptors (Lipinski definition) is 3. The fourth-order valence-corrected chi connectivity index (χ4v) is 3.21. The number of benzene rings is 1. The summed E-state index contributed by atoms with van der Waals surface area (Å²) in [5.41, 5.74) is 0.566. The maximum atomic E-state index is 12.8. The molecule has 3 nitrogen and oxygen atoms in total. The van der Waals surface area contributed by atoms with Gasteiger partial charge in [0, 0.05) is 17.4 Å². The van der Waals surface area contributed by atoms with E-state index >= 15 is 0 Å². The lowest BCUT2D eigenvalue weighted by molar-refractivity contribution is 0.0749. The molecule has 0 unspecified atom stereocenters. The highest BCUT2D eigenvalue weighted by molar-refractivity contribution is 6.00. The molecule has 0 amide bonds. The Morgan fingerprint density at radius 2 is 1.70 bits per heavy atom. The van der Waals surface area contributed by atoms with Crippen LogP contribution in [-0.2, 0) is 0 Å². The van der Waals surface area contributed by atoms with Crippen LogP contribution < -0.4 is 9.47 Å². The lowest BCUT2D eigenvalue weighted by Crippen LogP contribution is -2.30. The van der Waals surface area contributed by atoms with Gasteiger partial charge in [0.25, 0.3) is 0 Å². The van der Waals surface area contributed by atoms with E-state index in [0.29, 0.717) is 19.0 Å². The van der Waals surface area contributed by atoms with Crippen LogP contribution in [0.15, 0.2) is 18.2 Å². The van der Waals surface area contributed by atoms with Crippen LogP contribution in [0, 0.1) is 5.41 Å². The van der Waals surface area contributed by atoms with Crippen molar-refractivity contribution in [2.24, 2.45) is 5.41 Å². The van der Waals surface area contributed by atoms with E-state index in [2.05, 4.69) is 6.92 Å². The minimum absolute atomic E-state index is 0.196. The van der Waals surface area contributed by atoms with Crippen LogP contribution >= 0.6 is 0 Å². The monoisotopic (exact) mass is 274 g/mol. The Balaban J connectivity index is 1.86. The van der Waals surface area contributed by atoms with E-state index < -0.39 is 0 Å². The average molecular weight is 274 g/mol. The van der Waals surface area contributed by atoms with Crippen molar-refractivity contribution in [3.63, 3.8) is 0 Å². The van der Waals surface area contributed by atoms with Crippen molar-refractivity contribution in [3.8, 4) is 11.5 Å². The van der Waals surface area contributed by atoms with E-state index in [1.165, 1.54) is 6.42 Å². The number of carbonyl (C=O) groups excluding carboxylic acids is 1. The van der Waals surface area contributed by atoms with Crippen molar-refractivity contribution in [3.05, 3.63) is 23.8 Å². The molecule has 3 rings (SSSR count). The molecule has 0 spiro atoms. The maximum absolute atomic E-state index is 12.8. The summed E-state index contributed by atoms with van der Waals surface area (Å²) >= 11 is 0. The van der Waals surface area contributed by atoms with Crippen molar-refractivity contribution in [2.75, 3.05) is 13.2 Å². The van der Waals surface area contributed by atoms with Gasteiger partial charge in [-0.25, -0.2) is 0 Å². The van der Waals surface area contributed by atoms with Crippen LogP contribution in [0.2, 0.25) is 0 Å². The number of carbonyl (C=O) groups is 1. The van der Waals surface area contributed by atoms with Crippen LogP contribution in [0.1, 0.15) is 55.8 Å². The van der Waals surface area contributed by atoms with Crippen LogP contribution in [0.25, 0.3) is 0 Å². The maximum Gasteiger partial charge on any atom is 0.168 e. The Morgan fingerprint density at radius 3 is 2.45 bits per heavy atom. The van der Waals surface area contributed by atoms with Gasteiger partial charge >= 0.3 is 0 Å². The summed E-state index contributed by atoms with van der Waals surface area (Å²) in [7, 11) is 0. The van der Waals surface area contributed by atoms with E-state index in [9.17, 15) is 4.79 Å². The lowest BCUT2D eigenvalue weighted by Gasteiger charge is -2.32. The molecule has 1 saturated carbocycles. The zero-order valence-electron chi connectivity index (χ0n) is 12.1. The highest BCUT2D eigenvalue weighted by Crippen LogP contribution is 2.40. The first-order chi connectivity index (χ1) is 9.69. The third kappa shape index (κ3) is 2.54. The molecule has 0 aromatic heterocycles. The summed E-state index contributed by atoms with van der Waals surface area (Å²) in [6.07, 6.45) is 6.46. The quantitative estimate of drug-likeness (QED) is 0.765. The molecule has 1 aliphatic heterocycles. The Labute approximate surface area is 120 Å². The highest BCUT2D eigenvalue weighted by atomic mass is 16.5.